The van der Waals surface area contributed by atoms with E-state index >= 15 is 0 Å². The van der Waals surface area contributed by atoms with Crippen LogP contribution < -0.4 is 0 Å². The number of aliphatic carboxylic acids is 1. The molecule has 12 heteroatoms. The molecule has 8 nitrogen and oxygen atoms in total. The number of carbonyl (C=O) groups is 2. The van der Waals surface area contributed by atoms with Crippen molar-refractivity contribution >= 4 is 21.9 Å². The second-order valence-electron chi connectivity index (χ2n) is 10.5. The van der Waals surface area contributed by atoms with E-state index in [1.807, 2.05) is 11.8 Å². The first-order chi connectivity index (χ1) is 17.8. The molecule has 2 fully saturated rings. The van der Waals surface area contributed by atoms with Gasteiger partial charge in [0.25, 0.3) is 0 Å². The number of carboxylic acid groups (broad SMARTS) is 1. The highest BCUT2D eigenvalue weighted by atomic mass is 32.2. The number of piperidine rings is 1. The zero-order valence-corrected chi connectivity index (χ0v) is 22.9. The molecule has 1 unspecified atom stereocenters. The van der Waals surface area contributed by atoms with Crippen molar-refractivity contribution in [3.8, 4) is 0 Å². The molecule has 1 N–H and O–H groups in total. The van der Waals surface area contributed by atoms with Crippen LogP contribution in [0.15, 0.2) is 24.3 Å². The SMILES string of the molecule is CCCCS(=O)(=O)N1CCC2(CC1)CC(CC(=O)N1CCN(C)CC1)c1ccccc12.O=C(O)C(F)(F)F. The average Bonchev–Trinajstić information content (AvgIpc) is 3.16. The van der Waals surface area contributed by atoms with Gasteiger partial charge in [-0.1, -0.05) is 37.6 Å². The maximum atomic E-state index is 13.0. The molecule has 0 radical (unpaired) electrons. The van der Waals surface area contributed by atoms with E-state index < -0.39 is 22.2 Å². The number of hydrogen-bond acceptors (Lipinski definition) is 5. The first kappa shape index (κ1) is 30.4. The van der Waals surface area contributed by atoms with E-state index in [1.54, 1.807) is 4.31 Å². The number of carbonyl (C=O) groups excluding carboxylic acids is 1. The second-order valence-corrected chi connectivity index (χ2v) is 12.6. The number of sulfonamides is 1. The summed E-state index contributed by atoms with van der Waals surface area (Å²) in [6.07, 6.45) is -0.213. The number of rotatable bonds is 6. The third-order valence-electron chi connectivity index (χ3n) is 7.96. The van der Waals surface area contributed by atoms with Crippen molar-refractivity contribution in [2.24, 2.45) is 0 Å². The lowest BCUT2D eigenvalue weighted by molar-refractivity contribution is -0.192. The standard InChI is InChI=1S/C24H37N3O3S.C2HF3O2/c1-3-4-17-31(29,30)27-11-9-24(10-12-27)19-20(21-7-5-6-8-22(21)24)18-23(28)26-15-13-25(2)14-16-26;3-2(4,5)1(6)7/h5-8,20H,3-4,9-19H2,1-2H3;(H,6,7). The molecule has 1 aromatic carbocycles. The quantitative estimate of drug-likeness (QED) is 0.572. The fourth-order valence-corrected chi connectivity index (χ4v) is 7.38. The van der Waals surface area contributed by atoms with E-state index in [0.29, 0.717) is 19.5 Å². The number of benzene rings is 1. The fraction of sp³-hybridized carbons (Fsp3) is 0.692. The Kier molecular flexibility index (Phi) is 9.86. The van der Waals surface area contributed by atoms with Crippen molar-refractivity contribution in [3.05, 3.63) is 35.4 Å². The van der Waals surface area contributed by atoms with E-state index in [2.05, 4.69) is 36.2 Å². The highest BCUT2D eigenvalue weighted by molar-refractivity contribution is 7.89. The maximum absolute atomic E-state index is 13.0. The minimum Gasteiger partial charge on any atom is -0.475 e. The summed E-state index contributed by atoms with van der Waals surface area (Å²) < 4.78 is 58.8. The van der Waals surface area contributed by atoms with Gasteiger partial charge < -0.3 is 14.9 Å². The van der Waals surface area contributed by atoms with Crippen LogP contribution in [0.4, 0.5) is 13.2 Å². The van der Waals surface area contributed by atoms with Gasteiger partial charge in [-0.15, -0.1) is 0 Å². The molecular weight excluding hydrogens is 523 g/mol. The van der Waals surface area contributed by atoms with Gasteiger partial charge in [-0.2, -0.15) is 13.2 Å². The van der Waals surface area contributed by atoms with Crippen molar-refractivity contribution < 1.29 is 36.3 Å². The summed E-state index contributed by atoms with van der Waals surface area (Å²) in [5.41, 5.74) is 2.68. The van der Waals surface area contributed by atoms with Crippen LogP contribution >= 0.6 is 0 Å². The number of nitrogens with zero attached hydrogens (tertiary/aromatic N) is 3. The molecule has 1 aromatic rings. The summed E-state index contributed by atoms with van der Waals surface area (Å²) in [6.45, 7) is 6.75. The molecule has 0 aromatic heterocycles. The fourth-order valence-electron chi connectivity index (χ4n) is 5.73. The van der Waals surface area contributed by atoms with E-state index in [1.165, 1.54) is 11.1 Å². The number of halogens is 3. The van der Waals surface area contributed by atoms with Gasteiger partial charge in [0, 0.05) is 45.7 Å². The monoisotopic (exact) mass is 561 g/mol. The summed E-state index contributed by atoms with van der Waals surface area (Å²) in [5.74, 6) is -1.99. The molecule has 2 aliphatic heterocycles. The average molecular weight is 562 g/mol. The van der Waals surface area contributed by atoms with Gasteiger partial charge in [-0.25, -0.2) is 17.5 Å². The summed E-state index contributed by atoms with van der Waals surface area (Å²) in [6, 6.07) is 8.58. The Hall–Kier alpha value is -2.18. The van der Waals surface area contributed by atoms with E-state index in [9.17, 15) is 26.4 Å². The van der Waals surface area contributed by atoms with Crippen molar-refractivity contribution in [2.45, 2.75) is 63.0 Å². The normalized spacial score (nSPS) is 22.0. The van der Waals surface area contributed by atoms with Crippen molar-refractivity contribution in [3.63, 3.8) is 0 Å². The van der Waals surface area contributed by atoms with Gasteiger partial charge in [0.05, 0.1) is 5.75 Å². The minimum atomic E-state index is -5.08. The summed E-state index contributed by atoms with van der Waals surface area (Å²) >= 11 is 0. The Balaban J connectivity index is 0.000000505. The number of hydrogen-bond donors (Lipinski definition) is 1. The second kappa shape index (κ2) is 12.3. The number of piperazine rings is 1. The third kappa shape index (κ3) is 7.26. The minimum absolute atomic E-state index is 0.0143. The molecule has 1 spiro atoms. The van der Waals surface area contributed by atoms with Crippen LogP contribution in [0.25, 0.3) is 0 Å². The third-order valence-corrected chi connectivity index (χ3v) is 9.91. The van der Waals surface area contributed by atoms with Crippen molar-refractivity contribution in [1.82, 2.24) is 14.1 Å². The van der Waals surface area contributed by atoms with Crippen molar-refractivity contribution in [1.29, 1.82) is 0 Å². The number of amides is 1. The first-order valence-corrected chi connectivity index (χ1v) is 14.7. The smallest absolute Gasteiger partial charge is 0.475 e. The highest BCUT2D eigenvalue weighted by Gasteiger charge is 2.47. The molecule has 1 atom stereocenters. The molecule has 1 aliphatic carbocycles. The first-order valence-electron chi connectivity index (χ1n) is 13.1. The Labute approximate surface area is 222 Å². The maximum Gasteiger partial charge on any atom is 0.490 e. The summed E-state index contributed by atoms with van der Waals surface area (Å²) in [7, 11) is -1.05. The molecular formula is C26H38F3N3O5S. The predicted octanol–water partition coefficient (Wildman–Crippen LogP) is 3.43. The summed E-state index contributed by atoms with van der Waals surface area (Å²) in [5, 5.41) is 7.12. The Morgan fingerprint density at radius 3 is 2.18 bits per heavy atom. The number of likely N-dealkylation sites (N-methyl/N-ethyl adjacent to an activating group) is 1. The number of carboxylic acids is 1. The van der Waals surface area contributed by atoms with Crippen LogP contribution in [0, 0.1) is 0 Å². The topological polar surface area (TPSA) is 98.2 Å². The number of fused-ring (bicyclic) bond motifs is 2. The van der Waals surface area contributed by atoms with Gasteiger partial charge in [0.2, 0.25) is 15.9 Å². The Morgan fingerprint density at radius 2 is 1.63 bits per heavy atom. The van der Waals surface area contributed by atoms with Crippen LogP contribution in [-0.4, -0.2) is 97.8 Å². The molecule has 2 saturated heterocycles. The zero-order valence-electron chi connectivity index (χ0n) is 22.0. The molecule has 0 bridgehead atoms. The Morgan fingerprint density at radius 1 is 1.05 bits per heavy atom. The van der Waals surface area contributed by atoms with E-state index in [4.69, 9.17) is 9.90 Å². The predicted molar refractivity (Wildman–Crippen MR) is 137 cm³/mol. The summed E-state index contributed by atoms with van der Waals surface area (Å²) in [4.78, 5) is 26.2. The van der Waals surface area contributed by atoms with Gasteiger partial charge in [0.15, 0.2) is 0 Å². The van der Waals surface area contributed by atoms with Crippen LogP contribution in [-0.2, 0) is 25.0 Å². The molecule has 3 aliphatic rings. The van der Waals surface area contributed by atoms with Gasteiger partial charge >= 0.3 is 12.1 Å². The lowest BCUT2D eigenvalue weighted by atomic mass is 9.73. The van der Waals surface area contributed by atoms with Crippen LogP contribution in [0.2, 0.25) is 0 Å². The largest absolute Gasteiger partial charge is 0.490 e. The molecule has 38 heavy (non-hydrogen) atoms. The van der Waals surface area contributed by atoms with Crippen molar-refractivity contribution in [2.75, 3.05) is 52.1 Å². The van der Waals surface area contributed by atoms with Crippen LogP contribution in [0.3, 0.4) is 0 Å². The molecule has 214 valence electrons. The molecule has 4 rings (SSSR count). The molecule has 0 saturated carbocycles. The van der Waals surface area contributed by atoms with Gasteiger partial charge in [0.1, 0.15) is 0 Å². The number of unbranched alkanes of at least 4 members (excludes halogenated alkanes) is 1. The van der Waals surface area contributed by atoms with E-state index in [-0.39, 0.29) is 23.0 Å². The zero-order chi connectivity index (χ0) is 28.1. The molecule has 2 heterocycles. The van der Waals surface area contributed by atoms with Crippen LogP contribution in [0.1, 0.15) is 62.5 Å². The van der Waals surface area contributed by atoms with E-state index in [0.717, 1.165) is 58.3 Å². The van der Waals surface area contributed by atoms with Gasteiger partial charge in [-0.05, 0) is 55.2 Å². The lowest BCUT2D eigenvalue weighted by Crippen LogP contribution is -2.47. The number of alkyl halides is 3. The Bertz CT molecular complexity index is 1080. The highest BCUT2D eigenvalue weighted by Crippen LogP contribution is 2.53. The van der Waals surface area contributed by atoms with Crippen LogP contribution in [0.5, 0.6) is 0 Å². The van der Waals surface area contributed by atoms with Gasteiger partial charge in [-0.3, -0.25) is 4.79 Å². The molecule has 1 amide bonds. The lowest BCUT2D eigenvalue weighted by Gasteiger charge is -2.40.